The summed E-state index contributed by atoms with van der Waals surface area (Å²) >= 11 is 2.78. The summed E-state index contributed by atoms with van der Waals surface area (Å²) < 4.78 is 16.5. The molecule has 1 atom stereocenters. The van der Waals surface area contributed by atoms with Gasteiger partial charge in [0, 0.05) is 18.3 Å². The number of hydrogen-bond acceptors (Lipinski definition) is 9. The number of benzene rings is 2. The van der Waals surface area contributed by atoms with Crippen LogP contribution < -0.4 is 24.8 Å². The number of amides is 1. The van der Waals surface area contributed by atoms with E-state index in [1.165, 1.54) is 23.1 Å². The molecule has 0 saturated carbocycles. The fraction of sp³-hybridized carbons (Fsp3) is 0.250. The van der Waals surface area contributed by atoms with Crippen molar-refractivity contribution in [3.05, 3.63) is 48.0 Å². The second kappa shape index (κ2) is 9.23. The van der Waals surface area contributed by atoms with Crippen LogP contribution in [0.2, 0.25) is 0 Å². The van der Waals surface area contributed by atoms with Gasteiger partial charge in [0.1, 0.15) is 5.75 Å². The van der Waals surface area contributed by atoms with Crippen molar-refractivity contribution in [2.24, 2.45) is 0 Å². The minimum Gasteiger partial charge on any atom is -0.497 e. The van der Waals surface area contributed by atoms with Gasteiger partial charge in [-0.25, -0.2) is 0 Å². The number of thioether (sulfide) groups is 1. The Morgan fingerprint density at radius 2 is 2.00 bits per heavy atom. The quantitative estimate of drug-likeness (QED) is 0.504. The third-order valence-electron chi connectivity index (χ3n) is 4.30. The van der Waals surface area contributed by atoms with Crippen molar-refractivity contribution in [2.45, 2.75) is 23.1 Å². The van der Waals surface area contributed by atoms with E-state index in [9.17, 15) is 4.79 Å². The average molecular weight is 445 g/mol. The molecule has 0 bridgehead atoms. The summed E-state index contributed by atoms with van der Waals surface area (Å²) in [6.45, 7) is 2.66. The highest BCUT2D eigenvalue weighted by Gasteiger charge is 2.19. The lowest BCUT2D eigenvalue weighted by Crippen LogP contribution is -2.22. The van der Waals surface area contributed by atoms with Gasteiger partial charge < -0.3 is 24.8 Å². The number of aromatic nitrogens is 2. The maximum Gasteiger partial charge on any atom is 0.237 e. The Bertz CT molecular complexity index is 1030. The Labute approximate surface area is 182 Å². The van der Waals surface area contributed by atoms with Crippen LogP contribution in [-0.2, 0) is 11.3 Å². The Kier molecular flexibility index (Phi) is 6.24. The van der Waals surface area contributed by atoms with Gasteiger partial charge in [-0.3, -0.25) is 4.79 Å². The highest BCUT2D eigenvalue weighted by atomic mass is 32.2. The van der Waals surface area contributed by atoms with E-state index in [1.54, 1.807) is 25.3 Å². The monoisotopic (exact) mass is 444 g/mol. The van der Waals surface area contributed by atoms with Gasteiger partial charge in [-0.05, 0) is 36.8 Å². The third-order valence-corrected chi connectivity index (χ3v) is 6.36. The lowest BCUT2D eigenvalue weighted by atomic mass is 10.2. The molecule has 2 heterocycles. The molecule has 4 rings (SSSR count). The molecule has 0 spiro atoms. The summed E-state index contributed by atoms with van der Waals surface area (Å²) in [5.74, 6) is 2.01. The molecule has 156 valence electrons. The molecule has 1 aromatic heterocycles. The van der Waals surface area contributed by atoms with E-state index in [-0.39, 0.29) is 18.0 Å². The van der Waals surface area contributed by atoms with Crippen molar-refractivity contribution in [3.63, 3.8) is 0 Å². The number of carbonyl (C=O) groups is 1. The zero-order valence-corrected chi connectivity index (χ0v) is 18.0. The molecule has 8 nitrogen and oxygen atoms in total. The number of anilines is 2. The standard InChI is InChI=1S/C20H20N4O4S2/c1-12(18(25)22-14-5-8-16-17(9-14)28-11-27-16)29-20-24-23-19(30-20)21-10-13-3-6-15(26-2)7-4-13/h3-9,12H,10-11H2,1-2H3,(H,21,23)(H,22,25). The van der Waals surface area contributed by atoms with E-state index in [4.69, 9.17) is 14.2 Å². The van der Waals surface area contributed by atoms with Crippen molar-refractivity contribution < 1.29 is 19.0 Å². The van der Waals surface area contributed by atoms with E-state index in [0.29, 0.717) is 28.9 Å². The van der Waals surface area contributed by atoms with Gasteiger partial charge in [-0.1, -0.05) is 35.2 Å². The van der Waals surface area contributed by atoms with Crippen LogP contribution in [0.25, 0.3) is 0 Å². The Morgan fingerprint density at radius 1 is 1.20 bits per heavy atom. The van der Waals surface area contributed by atoms with Crippen LogP contribution in [0.15, 0.2) is 46.8 Å². The first-order chi connectivity index (χ1) is 14.6. The predicted molar refractivity (Wildman–Crippen MR) is 117 cm³/mol. The van der Waals surface area contributed by atoms with Gasteiger partial charge in [0.25, 0.3) is 0 Å². The fourth-order valence-electron chi connectivity index (χ4n) is 2.67. The molecule has 30 heavy (non-hydrogen) atoms. The molecule has 0 radical (unpaired) electrons. The van der Waals surface area contributed by atoms with E-state index in [1.807, 2.05) is 31.2 Å². The Hall–Kier alpha value is -2.98. The normalized spacial score (nSPS) is 13.0. The summed E-state index contributed by atoms with van der Waals surface area (Å²) in [4.78, 5) is 12.5. The van der Waals surface area contributed by atoms with Crippen molar-refractivity contribution in [3.8, 4) is 17.2 Å². The number of rotatable bonds is 8. The highest BCUT2D eigenvalue weighted by molar-refractivity contribution is 8.02. The van der Waals surface area contributed by atoms with Crippen LogP contribution in [0.1, 0.15) is 12.5 Å². The van der Waals surface area contributed by atoms with Crippen LogP contribution >= 0.6 is 23.1 Å². The van der Waals surface area contributed by atoms with Crippen LogP contribution in [0.4, 0.5) is 10.8 Å². The molecule has 1 unspecified atom stereocenters. The summed E-state index contributed by atoms with van der Waals surface area (Å²) in [5, 5.41) is 14.8. The van der Waals surface area contributed by atoms with Gasteiger partial charge in [-0.2, -0.15) is 0 Å². The van der Waals surface area contributed by atoms with Crippen LogP contribution in [-0.4, -0.2) is 35.3 Å². The predicted octanol–water partition coefficient (Wildman–Crippen LogP) is 4.01. The summed E-state index contributed by atoms with van der Waals surface area (Å²) in [5.41, 5.74) is 1.77. The van der Waals surface area contributed by atoms with Crippen LogP contribution in [0.3, 0.4) is 0 Å². The second-order valence-corrected chi connectivity index (χ2v) is 8.96. The zero-order valence-electron chi connectivity index (χ0n) is 16.4. The summed E-state index contributed by atoms with van der Waals surface area (Å²) in [7, 11) is 1.64. The average Bonchev–Trinajstić information content (AvgIpc) is 3.41. The smallest absolute Gasteiger partial charge is 0.237 e. The van der Waals surface area contributed by atoms with Gasteiger partial charge in [-0.15, -0.1) is 10.2 Å². The zero-order chi connectivity index (χ0) is 20.9. The number of hydrogen-bond donors (Lipinski definition) is 2. The number of methoxy groups -OCH3 is 1. The largest absolute Gasteiger partial charge is 0.497 e. The number of nitrogens with zero attached hydrogens (tertiary/aromatic N) is 2. The number of carbonyl (C=O) groups excluding carboxylic acids is 1. The molecular weight excluding hydrogens is 424 g/mol. The topological polar surface area (TPSA) is 94.6 Å². The molecule has 10 heteroatoms. The minimum atomic E-state index is -0.335. The Morgan fingerprint density at radius 3 is 2.80 bits per heavy atom. The van der Waals surface area contributed by atoms with E-state index >= 15 is 0 Å². The molecule has 0 aliphatic carbocycles. The lowest BCUT2D eigenvalue weighted by Gasteiger charge is -2.10. The first kappa shape index (κ1) is 20.3. The molecule has 1 amide bonds. The first-order valence-corrected chi connectivity index (χ1v) is 10.9. The van der Waals surface area contributed by atoms with Gasteiger partial charge in [0.15, 0.2) is 15.8 Å². The third kappa shape index (κ3) is 4.95. The molecule has 0 fully saturated rings. The summed E-state index contributed by atoms with van der Waals surface area (Å²) in [6.07, 6.45) is 0. The van der Waals surface area contributed by atoms with Crippen LogP contribution in [0.5, 0.6) is 17.2 Å². The summed E-state index contributed by atoms with van der Waals surface area (Å²) in [6, 6.07) is 13.1. The fourth-order valence-corrected chi connectivity index (χ4v) is 4.56. The SMILES string of the molecule is COc1ccc(CNc2nnc(SC(C)C(=O)Nc3ccc4c(c3)OCO4)s2)cc1. The van der Waals surface area contributed by atoms with Gasteiger partial charge in [0.05, 0.1) is 12.4 Å². The molecule has 1 aliphatic heterocycles. The van der Waals surface area contributed by atoms with Gasteiger partial charge in [0.2, 0.25) is 17.8 Å². The van der Waals surface area contributed by atoms with Gasteiger partial charge >= 0.3 is 0 Å². The van der Waals surface area contributed by atoms with E-state index < -0.39 is 0 Å². The number of ether oxygens (including phenoxy) is 3. The maximum atomic E-state index is 12.5. The number of nitrogens with one attached hydrogen (secondary N) is 2. The molecular formula is C20H20N4O4S2. The minimum absolute atomic E-state index is 0.123. The first-order valence-electron chi connectivity index (χ1n) is 9.18. The van der Waals surface area contributed by atoms with Crippen molar-refractivity contribution in [1.82, 2.24) is 10.2 Å². The maximum absolute atomic E-state index is 12.5. The molecule has 3 aromatic rings. The van der Waals surface area contributed by atoms with Crippen molar-refractivity contribution >= 4 is 39.8 Å². The Balaban J connectivity index is 1.28. The van der Waals surface area contributed by atoms with Crippen molar-refractivity contribution in [1.29, 1.82) is 0 Å². The van der Waals surface area contributed by atoms with E-state index in [2.05, 4.69) is 20.8 Å². The van der Waals surface area contributed by atoms with E-state index in [0.717, 1.165) is 15.7 Å². The lowest BCUT2D eigenvalue weighted by molar-refractivity contribution is -0.115. The molecule has 2 aromatic carbocycles. The van der Waals surface area contributed by atoms with Crippen molar-refractivity contribution in [2.75, 3.05) is 24.5 Å². The molecule has 0 saturated heterocycles. The number of fused-ring (bicyclic) bond motifs is 1. The van der Waals surface area contributed by atoms with Crippen LogP contribution in [0, 0.1) is 0 Å². The highest BCUT2D eigenvalue weighted by Crippen LogP contribution is 2.35. The molecule has 2 N–H and O–H groups in total. The second-order valence-electron chi connectivity index (χ2n) is 6.39. The molecule has 1 aliphatic rings.